The molecule has 4 rings (SSSR count). The molecule has 21 heavy (non-hydrogen) atoms. The SMILES string of the molecule is O=C(NC1CCN(c2nc3ccccc3s2)CC1)C1CC1. The number of thiazole rings is 1. The largest absolute Gasteiger partial charge is 0.353 e. The summed E-state index contributed by atoms with van der Waals surface area (Å²) in [5, 5.41) is 4.31. The first kappa shape index (κ1) is 13.1. The van der Waals surface area contributed by atoms with Crippen LogP contribution in [0.3, 0.4) is 0 Å². The summed E-state index contributed by atoms with van der Waals surface area (Å²) in [4.78, 5) is 18.9. The Labute approximate surface area is 128 Å². The van der Waals surface area contributed by atoms with E-state index in [2.05, 4.69) is 28.4 Å². The van der Waals surface area contributed by atoms with E-state index in [0.29, 0.717) is 12.0 Å². The van der Waals surface area contributed by atoms with Crippen LogP contribution in [0.15, 0.2) is 24.3 Å². The van der Waals surface area contributed by atoms with Crippen molar-refractivity contribution < 1.29 is 4.79 Å². The van der Waals surface area contributed by atoms with E-state index in [1.54, 1.807) is 11.3 Å². The van der Waals surface area contributed by atoms with Crippen molar-refractivity contribution in [2.24, 2.45) is 5.92 Å². The predicted octanol–water partition coefficient (Wildman–Crippen LogP) is 2.79. The number of carbonyl (C=O) groups excluding carboxylic acids is 1. The Hall–Kier alpha value is -1.62. The van der Waals surface area contributed by atoms with Gasteiger partial charge in [-0.3, -0.25) is 4.79 Å². The third-order valence-corrected chi connectivity index (χ3v) is 5.44. The van der Waals surface area contributed by atoms with E-state index in [9.17, 15) is 4.79 Å². The van der Waals surface area contributed by atoms with Crippen LogP contribution in [0.5, 0.6) is 0 Å². The summed E-state index contributed by atoms with van der Waals surface area (Å²) in [5.74, 6) is 0.584. The fourth-order valence-electron chi connectivity index (χ4n) is 2.87. The lowest BCUT2D eigenvalue weighted by Gasteiger charge is -2.32. The van der Waals surface area contributed by atoms with Gasteiger partial charge in [-0.25, -0.2) is 4.98 Å². The average molecular weight is 301 g/mol. The number of hydrogen-bond donors (Lipinski definition) is 1. The van der Waals surface area contributed by atoms with E-state index in [1.165, 1.54) is 4.70 Å². The zero-order chi connectivity index (χ0) is 14.2. The topological polar surface area (TPSA) is 45.2 Å². The van der Waals surface area contributed by atoms with Crippen molar-refractivity contribution in [2.75, 3.05) is 18.0 Å². The van der Waals surface area contributed by atoms with Crippen LogP contribution in [0.1, 0.15) is 25.7 Å². The van der Waals surface area contributed by atoms with Gasteiger partial charge in [-0.2, -0.15) is 0 Å². The third kappa shape index (κ3) is 2.75. The van der Waals surface area contributed by atoms with E-state index in [-0.39, 0.29) is 5.91 Å². The van der Waals surface area contributed by atoms with Crippen molar-refractivity contribution >= 4 is 32.6 Å². The van der Waals surface area contributed by atoms with Crippen LogP contribution in [-0.4, -0.2) is 30.0 Å². The number of carbonyl (C=O) groups is 1. The molecule has 2 fully saturated rings. The molecule has 1 saturated heterocycles. The first-order valence-corrected chi connectivity index (χ1v) is 8.52. The Morgan fingerprint density at radius 1 is 1.19 bits per heavy atom. The number of anilines is 1. The van der Waals surface area contributed by atoms with E-state index in [1.807, 2.05) is 6.07 Å². The number of para-hydroxylation sites is 1. The van der Waals surface area contributed by atoms with E-state index >= 15 is 0 Å². The quantitative estimate of drug-likeness (QED) is 0.948. The van der Waals surface area contributed by atoms with Gasteiger partial charge in [0.15, 0.2) is 5.13 Å². The molecular formula is C16H19N3OS. The highest BCUT2D eigenvalue weighted by atomic mass is 32.1. The molecule has 0 bridgehead atoms. The highest BCUT2D eigenvalue weighted by Gasteiger charge is 2.32. The number of benzene rings is 1. The fourth-order valence-corrected chi connectivity index (χ4v) is 3.89. The number of nitrogens with zero attached hydrogens (tertiary/aromatic N) is 2. The summed E-state index contributed by atoms with van der Waals surface area (Å²) in [6.45, 7) is 1.96. The van der Waals surface area contributed by atoms with Crippen LogP contribution >= 0.6 is 11.3 Å². The van der Waals surface area contributed by atoms with Crippen molar-refractivity contribution in [1.82, 2.24) is 10.3 Å². The monoisotopic (exact) mass is 301 g/mol. The van der Waals surface area contributed by atoms with Gasteiger partial charge in [-0.05, 0) is 37.8 Å². The van der Waals surface area contributed by atoms with Gasteiger partial charge in [0.05, 0.1) is 10.2 Å². The Bertz CT molecular complexity index is 623. The molecule has 0 unspecified atom stereocenters. The highest BCUT2D eigenvalue weighted by Crippen LogP contribution is 2.31. The molecule has 1 saturated carbocycles. The maximum atomic E-state index is 11.8. The zero-order valence-electron chi connectivity index (χ0n) is 11.9. The lowest BCUT2D eigenvalue weighted by molar-refractivity contribution is -0.123. The molecule has 5 heteroatoms. The summed E-state index contributed by atoms with van der Waals surface area (Å²) in [5.41, 5.74) is 1.08. The van der Waals surface area contributed by atoms with Gasteiger partial charge < -0.3 is 10.2 Å². The lowest BCUT2D eigenvalue weighted by atomic mass is 10.1. The van der Waals surface area contributed by atoms with Gasteiger partial charge in [0, 0.05) is 25.0 Å². The van der Waals surface area contributed by atoms with Gasteiger partial charge in [0.25, 0.3) is 0 Å². The minimum atomic E-state index is 0.272. The van der Waals surface area contributed by atoms with Crippen molar-refractivity contribution in [3.63, 3.8) is 0 Å². The molecule has 1 aromatic heterocycles. The molecule has 110 valence electrons. The van der Waals surface area contributed by atoms with Gasteiger partial charge >= 0.3 is 0 Å². The summed E-state index contributed by atoms with van der Waals surface area (Å²) < 4.78 is 1.25. The maximum Gasteiger partial charge on any atom is 0.223 e. The predicted molar refractivity (Wildman–Crippen MR) is 85.7 cm³/mol. The number of fused-ring (bicyclic) bond motifs is 1. The molecule has 2 aromatic rings. The van der Waals surface area contributed by atoms with Crippen LogP contribution in [-0.2, 0) is 4.79 Å². The third-order valence-electron chi connectivity index (χ3n) is 4.34. The summed E-state index contributed by atoms with van der Waals surface area (Å²) in [6, 6.07) is 8.63. The second-order valence-corrected chi connectivity index (χ2v) is 7.02. The molecule has 4 nitrogen and oxygen atoms in total. The number of nitrogens with one attached hydrogen (secondary N) is 1. The van der Waals surface area contributed by atoms with Crippen molar-refractivity contribution in [2.45, 2.75) is 31.7 Å². The number of aromatic nitrogens is 1. The normalized spacial score (nSPS) is 19.9. The number of piperidine rings is 1. The number of hydrogen-bond acceptors (Lipinski definition) is 4. The first-order valence-electron chi connectivity index (χ1n) is 7.70. The van der Waals surface area contributed by atoms with Crippen molar-refractivity contribution in [3.05, 3.63) is 24.3 Å². The molecule has 1 aliphatic heterocycles. The Morgan fingerprint density at radius 2 is 1.95 bits per heavy atom. The first-order chi connectivity index (χ1) is 10.3. The lowest BCUT2D eigenvalue weighted by Crippen LogP contribution is -2.45. The highest BCUT2D eigenvalue weighted by molar-refractivity contribution is 7.22. The van der Waals surface area contributed by atoms with E-state index < -0.39 is 0 Å². The van der Waals surface area contributed by atoms with Crippen LogP contribution < -0.4 is 10.2 Å². The molecule has 1 N–H and O–H groups in total. The summed E-state index contributed by atoms with van der Waals surface area (Å²) in [6.07, 6.45) is 4.20. The summed E-state index contributed by atoms with van der Waals surface area (Å²) in [7, 11) is 0. The molecular weight excluding hydrogens is 282 g/mol. The molecule has 1 aromatic carbocycles. The number of rotatable bonds is 3. The number of amides is 1. The van der Waals surface area contributed by atoms with Crippen LogP contribution in [0.4, 0.5) is 5.13 Å². The van der Waals surface area contributed by atoms with Gasteiger partial charge in [0.1, 0.15) is 0 Å². The van der Waals surface area contributed by atoms with Crippen LogP contribution in [0.2, 0.25) is 0 Å². The maximum absolute atomic E-state index is 11.8. The standard InChI is InChI=1S/C16H19N3OS/c20-15(11-5-6-11)17-12-7-9-19(10-8-12)16-18-13-3-1-2-4-14(13)21-16/h1-4,11-12H,5-10H2,(H,17,20). The molecule has 2 aliphatic rings. The summed E-state index contributed by atoms with van der Waals surface area (Å²) >= 11 is 1.76. The zero-order valence-corrected chi connectivity index (χ0v) is 12.7. The molecule has 2 heterocycles. The smallest absolute Gasteiger partial charge is 0.223 e. The molecule has 0 spiro atoms. The molecule has 0 radical (unpaired) electrons. The minimum absolute atomic E-state index is 0.272. The second kappa shape index (κ2) is 5.30. The van der Waals surface area contributed by atoms with Crippen LogP contribution in [0.25, 0.3) is 10.2 Å². The van der Waals surface area contributed by atoms with Gasteiger partial charge in [0.2, 0.25) is 5.91 Å². The van der Waals surface area contributed by atoms with E-state index in [4.69, 9.17) is 4.98 Å². The second-order valence-electron chi connectivity index (χ2n) is 6.01. The van der Waals surface area contributed by atoms with Gasteiger partial charge in [-0.15, -0.1) is 0 Å². The Kier molecular flexibility index (Phi) is 3.30. The average Bonchev–Trinajstić information content (AvgIpc) is 3.27. The van der Waals surface area contributed by atoms with Gasteiger partial charge in [-0.1, -0.05) is 23.5 Å². The molecule has 1 aliphatic carbocycles. The Balaban J connectivity index is 1.39. The minimum Gasteiger partial charge on any atom is -0.353 e. The van der Waals surface area contributed by atoms with Crippen molar-refractivity contribution in [3.8, 4) is 0 Å². The van der Waals surface area contributed by atoms with E-state index in [0.717, 1.165) is 49.4 Å². The Morgan fingerprint density at radius 3 is 2.67 bits per heavy atom. The van der Waals surface area contributed by atoms with Crippen molar-refractivity contribution in [1.29, 1.82) is 0 Å². The molecule has 1 amide bonds. The van der Waals surface area contributed by atoms with Crippen LogP contribution in [0, 0.1) is 5.92 Å². The fraction of sp³-hybridized carbons (Fsp3) is 0.500. The molecule has 0 atom stereocenters.